The number of hydrogen-bond donors (Lipinski definition) is 1. The molecule has 1 saturated heterocycles. The summed E-state index contributed by atoms with van der Waals surface area (Å²) in [6.45, 7) is 1.43. The van der Waals surface area contributed by atoms with Crippen LogP contribution in [0.4, 0.5) is 0 Å². The SMILES string of the molecule is COc1ccc(OC)c(CN2C[C@@H](O)CO2)c1. The Morgan fingerprint density at radius 3 is 2.82 bits per heavy atom. The van der Waals surface area contributed by atoms with Gasteiger partial charge in [-0.2, -0.15) is 5.06 Å². The van der Waals surface area contributed by atoms with Crippen LogP contribution in [0.1, 0.15) is 5.56 Å². The van der Waals surface area contributed by atoms with E-state index in [4.69, 9.17) is 14.3 Å². The van der Waals surface area contributed by atoms with E-state index in [2.05, 4.69) is 0 Å². The number of hydroxylamine groups is 2. The molecule has 1 heterocycles. The lowest BCUT2D eigenvalue weighted by molar-refractivity contribution is -0.118. The van der Waals surface area contributed by atoms with Crippen LogP contribution in [0.15, 0.2) is 18.2 Å². The molecule has 1 aromatic carbocycles. The molecule has 0 spiro atoms. The molecule has 94 valence electrons. The third-order valence-electron chi connectivity index (χ3n) is 2.70. The third kappa shape index (κ3) is 2.88. The van der Waals surface area contributed by atoms with Gasteiger partial charge in [-0.1, -0.05) is 0 Å². The van der Waals surface area contributed by atoms with Gasteiger partial charge >= 0.3 is 0 Å². The van der Waals surface area contributed by atoms with Crippen molar-refractivity contribution in [3.63, 3.8) is 0 Å². The number of benzene rings is 1. The first-order chi connectivity index (χ1) is 8.22. The minimum Gasteiger partial charge on any atom is -0.497 e. The number of β-amino-alcohol motifs (C(OH)–C–C–N with tert-alkyl or cyclic N) is 1. The molecular weight excluding hydrogens is 222 g/mol. The number of hydrogen-bond acceptors (Lipinski definition) is 5. The van der Waals surface area contributed by atoms with Crippen LogP contribution in [0.25, 0.3) is 0 Å². The molecule has 0 amide bonds. The summed E-state index contributed by atoms with van der Waals surface area (Å²) in [5, 5.41) is 11.1. The molecule has 0 aliphatic carbocycles. The van der Waals surface area contributed by atoms with Crippen LogP contribution >= 0.6 is 0 Å². The Bertz CT molecular complexity index is 383. The van der Waals surface area contributed by atoms with E-state index < -0.39 is 6.10 Å². The van der Waals surface area contributed by atoms with Crippen LogP contribution in [-0.2, 0) is 11.4 Å². The Labute approximate surface area is 100 Å². The molecule has 5 heteroatoms. The normalized spacial score (nSPS) is 20.5. The van der Waals surface area contributed by atoms with Gasteiger partial charge in [-0.25, -0.2) is 0 Å². The van der Waals surface area contributed by atoms with Gasteiger partial charge < -0.3 is 14.6 Å². The lowest BCUT2D eigenvalue weighted by atomic mass is 10.2. The second-order valence-corrected chi connectivity index (χ2v) is 3.95. The number of nitrogens with zero attached hydrogens (tertiary/aromatic N) is 1. The predicted molar refractivity (Wildman–Crippen MR) is 61.9 cm³/mol. The van der Waals surface area contributed by atoms with E-state index in [-0.39, 0.29) is 0 Å². The van der Waals surface area contributed by atoms with Crippen molar-refractivity contribution in [2.24, 2.45) is 0 Å². The first-order valence-corrected chi connectivity index (χ1v) is 5.49. The maximum Gasteiger partial charge on any atom is 0.123 e. The molecule has 0 saturated carbocycles. The van der Waals surface area contributed by atoms with Crippen molar-refractivity contribution in [1.82, 2.24) is 5.06 Å². The van der Waals surface area contributed by atoms with Crippen molar-refractivity contribution in [2.75, 3.05) is 27.4 Å². The number of rotatable bonds is 4. The molecule has 0 radical (unpaired) electrons. The van der Waals surface area contributed by atoms with Gasteiger partial charge in [0.2, 0.25) is 0 Å². The first kappa shape index (κ1) is 12.2. The zero-order valence-electron chi connectivity index (χ0n) is 10.0. The van der Waals surface area contributed by atoms with Gasteiger partial charge in [0.1, 0.15) is 11.5 Å². The average Bonchev–Trinajstić information content (AvgIpc) is 2.74. The van der Waals surface area contributed by atoms with Gasteiger partial charge in [-0.15, -0.1) is 0 Å². The minimum absolute atomic E-state index is 0.353. The minimum atomic E-state index is -0.411. The van der Waals surface area contributed by atoms with E-state index in [1.165, 1.54) is 0 Å². The lowest BCUT2D eigenvalue weighted by Gasteiger charge is -2.16. The molecular formula is C12H17NO4. The van der Waals surface area contributed by atoms with E-state index in [1.54, 1.807) is 19.3 Å². The third-order valence-corrected chi connectivity index (χ3v) is 2.70. The van der Waals surface area contributed by atoms with Crippen LogP contribution in [0.3, 0.4) is 0 Å². The Hall–Kier alpha value is -1.30. The summed E-state index contributed by atoms with van der Waals surface area (Å²) in [6, 6.07) is 5.62. The molecule has 1 fully saturated rings. The zero-order valence-corrected chi connectivity index (χ0v) is 10.0. The molecule has 2 rings (SSSR count). The summed E-state index contributed by atoms with van der Waals surface area (Å²) < 4.78 is 10.5. The molecule has 1 aliphatic rings. The summed E-state index contributed by atoms with van der Waals surface area (Å²) in [5.41, 5.74) is 0.973. The van der Waals surface area contributed by atoms with E-state index in [0.29, 0.717) is 19.7 Å². The van der Waals surface area contributed by atoms with Gasteiger partial charge in [0.05, 0.1) is 40.0 Å². The summed E-state index contributed by atoms with van der Waals surface area (Å²) >= 11 is 0. The van der Waals surface area contributed by atoms with Gasteiger partial charge in [0, 0.05) is 5.56 Å². The van der Waals surface area contributed by atoms with Gasteiger partial charge in [-0.3, -0.25) is 4.84 Å². The van der Waals surface area contributed by atoms with E-state index in [1.807, 2.05) is 18.2 Å². The van der Waals surface area contributed by atoms with Crippen LogP contribution < -0.4 is 9.47 Å². The largest absolute Gasteiger partial charge is 0.497 e. The molecule has 17 heavy (non-hydrogen) atoms. The van der Waals surface area contributed by atoms with Gasteiger partial charge in [0.15, 0.2) is 0 Å². The molecule has 0 bridgehead atoms. The van der Waals surface area contributed by atoms with Crippen molar-refractivity contribution < 1.29 is 19.4 Å². The van der Waals surface area contributed by atoms with Gasteiger partial charge in [-0.05, 0) is 18.2 Å². The fourth-order valence-corrected chi connectivity index (χ4v) is 1.84. The van der Waals surface area contributed by atoms with Crippen LogP contribution in [0, 0.1) is 0 Å². The summed E-state index contributed by atoms with van der Waals surface area (Å²) in [7, 11) is 3.26. The summed E-state index contributed by atoms with van der Waals surface area (Å²) in [6.07, 6.45) is -0.411. The number of aliphatic hydroxyl groups is 1. The maximum atomic E-state index is 9.38. The van der Waals surface area contributed by atoms with Crippen molar-refractivity contribution in [3.05, 3.63) is 23.8 Å². The Balaban J connectivity index is 2.12. The van der Waals surface area contributed by atoms with Gasteiger partial charge in [0.25, 0.3) is 0 Å². The Morgan fingerprint density at radius 1 is 1.41 bits per heavy atom. The topological polar surface area (TPSA) is 51.2 Å². The van der Waals surface area contributed by atoms with Crippen LogP contribution in [0.5, 0.6) is 11.5 Å². The molecule has 1 N–H and O–H groups in total. The van der Waals surface area contributed by atoms with E-state index in [9.17, 15) is 5.11 Å². The molecule has 0 unspecified atom stereocenters. The number of aliphatic hydroxyl groups excluding tert-OH is 1. The van der Waals surface area contributed by atoms with Crippen molar-refractivity contribution in [2.45, 2.75) is 12.6 Å². The highest BCUT2D eigenvalue weighted by Crippen LogP contribution is 2.26. The quantitative estimate of drug-likeness (QED) is 0.842. The Kier molecular flexibility index (Phi) is 3.83. The molecule has 5 nitrogen and oxygen atoms in total. The predicted octanol–water partition coefficient (Wildman–Crippen LogP) is 0.812. The van der Waals surface area contributed by atoms with E-state index in [0.717, 1.165) is 17.1 Å². The zero-order chi connectivity index (χ0) is 12.3. The summed E-state index contributed by atoms with van der Waals surface area (Å²) in [4.78, 5) is 5.33. The van der Waals surface area contributed by atoms with Crippen molar-refractivity contribution >= 4 is 0 Å². The van der Waals surface area contributed by atoms with E-state index >= 15 is 0 Å². The number of ether oxygens (including phenoxy) is 2. The first-order valence-electron chi connectivity index (χ1n) is 5.49. The second-order valence-electron chi connectivity index (χ2n) is 3.95. The number of methoxy groups -OCH3 is 2. The fourth-order valence-electron chi connectivity index (χ4n) is 1.84. The lowest BCUT2D eigenvalue weighted by Crippen LogP contribution is -2.20. The highest BCUT2D eigenvalue weighted by atomic mass is 16.7. The highest BCUT2D eigenvalue weighted by molar-refractivity contribution is 5.40. The van der Waals surface area contributed by atoms with Crippen molar-refractivity contribution in [1.29, 1.82) is 0 Å². The average molecular weight is 239 g/mol. The van der Waals surface area contributed by atoms with Crippen molar-refractivity contribution in [3.8, 4) is 11.5 Å². The van der Waals surface area contributed by atoms with Crippen LogP contribution in [0.2, 0.25) is 0 Å². The standard InChI is InChI=1S/C12H17NO4/c1-15-11-3-4-12(16-2)9(5-11)6-13-7-10(14)8-17-13/h3-5,10,14H,6-8H2,1-2H3/t10-/m1/s1. The molecule has 1 atom stereocenters. The monoisotopic (exact) mass is 239 g/mol. The highest BCUT2D eigenvalue weighted by Gasteiger charge is 2.22. The molecule has 1 aromatic rings. The smallest absolute Gasteiger partial charge is 0.123 e. The Morgan fingerprint density at radius 2 is 2.24 bits per heavy atom. The van der Waals surface area contributed by atoms with Crippen LogP contribution in [-0.4, -0.2) is 43.6 Å². The maximum absolute atomic E-state index is 9.38. The fraction of sp³-hybridized carbons (Fsp3) is 0.500. The second kappa shape index (κ2) is 5.35. The summed E-state index contributed by atoms with van der Waals surface area (Å²) in [5.74, 6) is 1.57. The molecule has 0 aromatic heterocycles. The molecule has 1 aliphatic heterocycles.